The summed E-state index contributed by atoms with van der Waals surface area (Å²) < 4.78 is 0. The van der Waals surface area contributed by atoms with Crippen molar-refractivity contribution in [1.29, 1.82) is 0 Å². The van der Waals surface area contributed by atoms with Crippen molar-refractivity contribution in [2.24, 2.45) is 0 Å². The topological polar surface area (TPSA) is 49.3 Å². The van der Waals surface area contributed by atoms with Crippen LogP contribution < -0.4 is 5.32 Å². The van der Waals surface area contributed by atoms with Crippen molar-refractivity contribution in [3.8, 4) is 0 Å². The molecular formula is C15H17NO2. The van der Waals surface area contributed by atoms with Crippen LogP contribution in [0.4, 0.5) is 0 Å². The maximum Gasteiger partial charge on any atom is 0.248 e. The number of hydrogen-bond donors (Lipinski definition) is 2. The van der Waals surface area contributed by atoms with Crippen LogP contribution >= 0.6 is 0 Å². The number of amides is 1. The standard InChI is InChI=1S/C15H17NO2/c1-11(17)15(18)16-9-8-12-6-7-13-4-2-3-5-14(13)10-12/h2-7,10-11,17H,8-9H2,1H3,(H,16,18). The highest BCUT2D eigenvalue weighted by molar-refractivity contribution is 5.83. The molecule has 3 nitrogen and oxygen atoms in total. The first-order valence-corrected chi connectivity index (χ1v) is 6.10. The average Bonchev–Trinajstić information content (AvgIpc) is 2.38. The number of hydrogen-bond acceptors (Lipinski definition) is 2. The van der Waals surface area contributed by atoms with Gasteiger partial charge in [-0.15, -0.1) is 0 Å². The zero-order chi connectivity index (χ0) is 13.0. The van der Waals surface area contributed by atoms with Gasteiger partial charge < -0.3 is 10.4 Å². The van der Waals surface area contributed by atoms with Crippen molar-refractivity contribution < 1.29 is 9.90 Å². The zero-order valence-corrected chi connectivity index (χ0v) is 10.4. The van der Waals surface area contributed by atoms with Crippen LogP contribution in [-0.4, -0.2) is 23.7 Å². The number of aliphatic hydroxyl groups is 1. The average molecular weight is 243 g/mol. The predicted octanol–water partition coefficient (Wildman–Crippen LogP) is 1.88. The number of rotatable bonds is 4. The molecule has 0 aliphatic heterocycles. The number of carbonyl (C=O) groups is 1. The molecule has 0 aliphatic rings. The molecule has 0 spiro atoms. The van der Waals surface area contributed by atoms with Gasteiger partial charge in [0.2, 0.25) is 5.91 Å². The lowest BCUT2D eigenvalue weighted by molar-refractivity contribution is -0.128. The van der Waals surface area contributed by atoms with Crippen molar-refractivity contribution in [3.63, 3.8) is 0 Å². The molecule has 1 unspecified atom stereocenters. The normalized spacial score (nSPS) is 12.3. The summed E-state index contributed by atoms with van der Waals surface area (Å²) >= 11 is 0. The van der Waals surface area contributed by atoms with Gasteiger partial charge in [-0.3, -0.25) is 4.79 Å². The molecule has 0 heterocycles. The van der Waals surface area contributed by atoms with Gasteiger partial charge in [0.15, 0.2) is 0 Å². The first-order chi connectivity index (χ1) is 8.66. The Bertz CT molecular complexity index is 549. The van der Waals surface area contributed by atoms with E-state index in [0.717, 1.165) is 6.42 Å². The van der Waals surface area contributed by atoms with E-state index in [-0.39, 0.29) is 5.91 Å². The summed E-state index contributed by atoms with van der Waals surface area (Å²) in [5, 5.41) is 14.2. The second-order valence-electron chi connectivity index (χ2n) is 4.40. The Hall–Kier alpha value is -1.87. The molecular weight excluding hydrogens is 226 g/mol. The van der Waals surface area contributed by atoms with Gasteiger partial charge in [0.05, 0.1) is 0 Å². The number of nitrogens with one attached hydrogen (secondary N) is 1. The number of carbonyl (C=O) groups excluding carboxylic acids is 1. The molecule has 0 radical (unpaired) electrons. The largest absolute Gasteiger partial charge is 0.384 e. The second-order valence-corrected chi connectivity index (χ2v) is 4.40. The van der Waals surface area contributed by atoms with E-state index in [4.69, 9.17) is 5.11 Å². The second kappa shape index (κ2) is 5.65. The summed E-state index contributed by atoms with van der Waals surface area (Å²) in [6.45, 7) is 2.01. The molecule has 2 rings (SSSR count). The summed E-state index contributed by atoms with van der Waals surface area (Å²) in [5.74, 6) is -0.323. The van der Waals surface area contributed by atoms with Crippen molar-refractivity contribution in [3.05, 3.63) is 48.0 Å². The lowest BCUT2D eigenvalue weighted by Crippen LogP contribution is -2.33. The maximum absolute atomic E-state index is 11.2. The Morgan fingerprint density at radius 3 is 2.67 bits per heavy atom. The van der Waals surface area contributed by atoms with Gasteiger partial charge in [-0.25, -0.2) is 0 Å². The summed E-state index contributed by atoms with van der Waals surface area (Å²) in [4.78, 5) is 11.2. The highest BCUT2D eigenvalue weighted by Crippen LogP contribution is 2.15. The smallest absolute Gasteiger partial charge is 0.248 e. The van der Waals surface area contributed by atoms with E-state index in [9.17, 15) is 4.79 Å². The Morgan fingerprint density at radius 1 is 1.22 bits per heavy atom. The van der Waals surface area contributed by atoms with E-state index in [0.29, 0.717) is 6.54 Å². The summed E-state index contributed by atoms with van der Waals surface area (Å²) in [6.07, 6.45) is -0.176. The molecule has 0 aromatic heterocycles. The fourth-order valence-corrected chi connectivity index (χ4v) is 1.87. The van der Waals surface area contributed by atoms with E-state index in [1.54, 1.807) is 0 Å². The molecule has 3 heteroatoms. The predicted molar refractivity (Wildman–Crippen MR) is 72.3 cm³/mol. The van der Waals surface area contributed by atoms with Crippen LogP contribution in [0.3, 0.4) is 0 Å². The third kappa shape index (κ3) is 3.08. The van der Waals surface area contributed by atoms with Gasteiger partial charge in [0.1, 0.15) is 6.10 Å². The zero-order valence-electron chi connectivity index (χ0n) is 10.4. The molecule has 1 atom stereocenters. The highest BCUT2D eigenvalue weighted by atomic mass is 16.3. The highest BCUT2D eigenvalue weighted by Gasteiger charge is 2.06. The Morgan fingerprint density at radius 2 is 1.94 bits per heavy atom. The summed E-state index contributed by atoms with van der Waals surface area (Å²) in [7, 11) is 0. The van der Waals surface area contributed by atoms with E-state index in [1.807, 2.05) is 12.1 Å². The van der Waals surface area contributed by atoms with Gasteiger partial charge in [-0.2, -0.15) is 0 Å². The number of fused-ring (bicyclic) bond motifs is 1. The van der Waals surface area contributed by atoms with Gasteiger partial charge in [0.25, 0.3) is 0 Å². The Labute approximate surface area is 106 Å². The first-order valence-electron chi connectivity index (χ1n) is 6.10. The summed E-state index contributed by atoms with van der Waals surface area (Å²) in [5.41, 5.74) is 1.18. The minimum absolute atomic E-state index is 0.323. The summed E-state index contributed by atoms with van der Waals surface area (Å²) in [6, 6.07) is 14.5. The van der Waals surface area contributed by atoms with E-state index in [2.05, 4.69) is 35.6 Å². The van der Waals surface area contributed by atoms with Crippen molar-refractivity contribution in [2.45, 2.75) is 19.4 Å². The van der Waals surface area contributed by atoms with Crippen LogP contribution in [0.2, 0.25) is 0 Å². The van der Waals surface area contributed by atoms with Crippen molar-refractivity contribution in [1.82, 2.24) is 5.32 Å². The quantitative estimate of drug-likeness (QED) is 0.861. The van der Waals surface area contributed by atoms with Crippen molar-refractivity contribution in [2.75, 3.05) is 6.54 Å². The van der Waals surface area contributed by atoms with Crippen LogP contribution in [0, 0.1) is 0 Å². The molecule has 0 bridgehead atoms. The van der Waals surface area contributed by atoms with Crippen LogP contribution in [0.5, 0.6) is 0 Å². The fraction of sp³-hybridized carbons (Fsp3) is 0.267. The third-order valence-corrected chi connectivity index (χ3v) is 2.91. The molecule has 1 amide bonds. The van der Waals surface area contributed by atoms with Gasteiger partial charge in [-0.1, -0.05) is 42.5 Å². The fourth-order valence-electron chi connectivity index (χ4n) is 1.87. The number of benzene rings is 2. The number of aliphatic hydroxyl groups excluding tert-OH is 1. The van der Waals surface area contributed by atoms with E-state index < -0.39 is 6.10 Å². The van der Waals surface area contributed by atoms with Gasteiger partial charge in [0, 0.05) is 6.54 Å². The molecule has 0 aliphatic carbocycles. The third-order valence-electron chi connectivity index (χ3n) is 2.91. The molecule has 18 heavy (non-hydrogen) atoms. The minimum Gasteiger partial charge on any atom is -0.384 e. The van der Waals surface area contributed by atoms with Crippen LogP contribution in [0.1, 0.15) is 12.5 Å². The van der Waals surface area contributed by atoms with E-state index >= 15 is 0 Å². The molecule has 2 N–H and O–H groups in total. The first kappa shape index (κ1) is 12.6. The molecule has 0 saturated heterocycles. The van der Waals surface area contributed by atoms with Crippen LogP contribution in [-0.2, 0) is 11.2 Å². The van der Waals surface area contributed by atoms with Crippen molar-refractivity contribution >= 4 is 16.7 Å². The Kier molecular flexibility index (Phi) is 3.95. The van der Waals surface area contributed by atoms with Crippen LogP contribution in [0.15, 0.2) is 42.5 Å². The molecule has 0 fully saturated rings. The lowest BCUT2D eigenvalue weighted by atomic mass is 10.1. The molecule has 0 saturated carbocycles. The molecule has 2 aromatic rings. The SMILES string of the molecule is CC(O)C(=O)NCCc1ccc2ccccc2c1. The minimum atomic E-state index is -0.943. The monoisotopic (exact) mass is 243 g/mol. The van der Waals surface area contributed by atoms with Crippen LogP contribution in [0.25, 0.3) is 10.8 Å². The van der Waals surface area contributed by atoms with Gasteiger partial charge in [-0.05, 0) is 29.7 Å². The van der Waals surface area contributed by atoms with Gasteiger partial charge >= 0.3 is 0 Å². The lowest BCUT2D eigenvalue weighted by Gasteiger charge is -2.07. The molecule has 94 valence electrons. The molecule has 2 aromatic carbocycles. The van der Waals surface area contributed by atoms with E-state index in [1.165, 1.54) is 23.3 Å². The maximum atomic E-state index is 11.2. The Balaban J connectivity index is 1.98.